The first-order valence-electron chi connectivity index (χ1n) is 7.45. The highest BCUT2D eigenvalue weighted by Crippen LogP contribution is 2.27. The summed E-state index contributed by atoms with van der Waals surface area (Å²) in [7, 11) is 2.16. The van der Waals surface area contributed by atoms with Crippen molar-refractivity contribution >= 4 is 17.3 Å². The molecule has 0 aliphatic carbocycles. The number of nitrogens with zero attached hydrogens (tertiary/aromatic N) is 1. The van der Waals surface area contributed by atoms with Crippen molar-refractivity contribution in [3.63, 3.8) is 0 Å². The number of hydrogen-bond acceptors (Lipinski definition) is 2. The number of fused-ring (bicyclic) bond motifs is 1. The first-order valence-corrected chi connectivity index (χ1v) is 7.83. The van der Waals surface area contributed by atoms with E-state index in [4.69, 9.17) is 11.6 Å². The van der Waals surface area contributed by atoms with E-state index in [1.807, 2.05) is 18.2 Å². The summed E-state index contributed by atoms with van der Waals surface area (Å²) < 4.78 is 0. The fourth-order valence-corrected chi connectivity index (χ4v) is 3.09. The van der Waals surface area contributed by atoms with Gasteiger partial charge in [0.2, 0.25) is 0 Å². The average molecular weight is 301 g/mol. The lowest BCUT2D eigenvalue weighted by atomic mass is 10.1. The minimum Gasteiger partial charge on any atom is -0.374 e. The molecule has 1 unspecified atom stereocenters. The van der Waals surface area contributed by atoms with E-state index in [0.29, 0.717) is 6.04 Å². The molecule has 1 aliphatic rings. The molecule has 0 bridgehead atoms. The zero-order valence-corrected chi connectivity index (χ0v) is 13.3. The second-order valence-corrected chi connectivity index (χ2v) is 6.23. The molecule has 21 heavy (non-hydrogen) atoms. The molecule has 2 aromatic rings. The van der Waals surface area contributed by atoms with Crippen LogP contribution in [0.2, 0.25) is 5.02 Å². The van der Waals surface area contributed by atoms with Gasteiger partial charge in [-0.3, -0.25) is 0 Å². The second-order valence-electron chi connectivity index (χ2n) is 5.79. The summed E-state index contributed by atoms with van der Waals surface area (Å²) in [5.41, 5.74) is 5.41. The van der Waals surface area contributed by atoms with Crippen LogP contribution in [0.1, 0.15) is 29.7 Å². The highest BCUT2D eigenvalue weighted by Gasteiger charge is 2.15. The molecule has 2 aromatic carbocycles. The number of rotatable bonds is 4. The molecule has 1 heterocycles. The first kappa shape index (κ1) is 14.4. The standard InChI is InChI=1S/C18H21ClN2/c1-13(15-4-3-5-17(19)11-15)20-12-14-6-7-18-16(10-14)8-9-21(18)2/h3-7,10-11,13,20H,8-9,12H2,1-2H3. The molecule has 1 aliphatic heterocycles. The molecule has 3 heteroatoms. The molecule has 0 saturated heterocycles. The Balaban J connectivity index is 1.65. The van der Waals surface area contributed by atoms with Crippen molar-refractivity contribution in [2.24, 2.45) is 0 Å². The summed E-state index contributed by atoms with van der Waals surface area (Å²) in [6, 6.07) is 15.1. The molecular formula is C18H21ClN2. The van der Waals surface area contributed by atoms with Crippen LogP contribution >= 0.6 is 11.6 Å². The predicted octanol–water partition coefficient (Wildman–Crippen LogP) is 4.18. The molecule has 2 nitrogen and oxygen atoms in total. The van der Waals surface area contributed by atoms with E-state index in [0.717, 1.165) is 24.5 Å². The van der Waals surface area contributed by atoms with Gasteiger partial charge >= 0.3 is 0 Å². The number of benzene rings is 2. The highest BCUT2D eigenvalue weighted by molar-refractivity contribution is 6.30. The molecule has 0 aromatic heterocycles. The van der Waals surface area contributed by atoms with Crippen LogP contribution in [-0.4, -0.2) is 13.6 Å². The second kappa shape index (κ2) is 6.08. The van der Waals surface area contributed by atoms with Crippen molar-refractivity contribution in [2.45, 2.75) is 25.9 Å². The topological polar surface area (TPSA) is 15.3 Å². The van der Waals surface area contributed by atoms with Crippen molar-refractivity contribution in [1.29, 1.82) is 0 Å². The predicted molar refractivity (Wildman–Crippen MR) is 90.1 cm³/mol. The van der Waals surface area contributed by atoms with Crippen LogP contribution in [0.15, 0.2) is 42.5 Å². The van der Waals surface area contributed by atoms with Gasteiger partial charge in [-0.05, 0) is 48.2 Å². The monoisotopic (exact) mass is 300 g/mol. The third kappa shape index (κ3) is 3.22. The lowest BCUT2D eigenvalue weighted by Gasteiger charge is -2.16. The zero-order valence-electron chi connectivity index (χ0n) is 12.6. The van der Waals surface area contributed by atoms with Crippen LogP contribution in [0.5, 0.6) is 0 Å². The van der Waals surface area contributed by atoms with Gasteiger partial charge in [0.1, 0.15) is 0 Å². The van der Waals surface area contributed by atoms with Gasteiger partial charge in [-0.1, -0.05) is 35.9 Å². The Morgan fingerprint density at radius 2 is 2.10 bits per heavy atom. The maximum absolute atomic E-state index is 6.05. The average Bonchev–Trinajstić information content (AvgIpc) is 2.86. The first-order chi connectivity index (χ1) is 10.1. The Labute approximate surface area is 131 Å². The summed E-state index contributed by atoms with van der Waals surface area (Å²) in [5, 5.41) is 4.37. The molecule has 0 fully saturated rings. The third-order valence-electron chi connectivity index (χ3n) is 4.23. The summed E-state index contributed by atoms with van der Waals surface area (Å²) in [5.74, 6) is 0. The van der Waals surface area contributed by atoms with Gasteiger partial charge in [0.05, 0.1) is 0 Å². The molecule has 1 N–H and O–H groups in total. The van der Waals surface area contributed by atoms with Gasteiger partial charge in [0, 0.05) is 36.9 Å². The number of nitrogens with one attached hydrogen (secondary N) is 1. The van der Waals surface area contributed by atoms with Crippen molar-refractivity contribution in [3.05, 3.63) is 64.2 Å². The van der Waals surface area contributed by atoms with Gasteiger partial charge in [-0.25, -0.2) is 0 Å². The van der Waals surface area contributed by atoms with E-state index in [1.54, 1.807) is 0 Å². The van der Waals surface area contributed by atoms with E-state index < -0.39 is 0 Å². The van der Waals surface area contributed by atoms with E-state index >= 15 is 0 Å². The molecule has 0 radical (unpaired) electrons. The summed E-state index contributed by atoms with van der Waals surface area (Å²) in [4.78, 5) is 2.32. The minimum atomic E-state index is 0.291. The Kier molecular flexibility index (Phi) is 4.18. The molecule has 1 atom stereocenters. The number of halogens is 1. The van der Waals surface area contributed by atoms with E-state index in [9.17, 15) is 0 Å². The summed E-state index contributed by atoms with van der Waals surface area (Å²) >= 11 is 6.05. The van der Waals surface area contributed by atoms with Gasteiger partial charge in [0.15, 0.2) is 0 Å². The smallest absolute Gasteiger partial charge is 0.0409 e. The van der Waals surface area contributed by atoms with Gasteiger partial charge in [-0.15, -0.1) is 0 Å². The van der Waals surface area contributed by atoms with Crippen LogP contribution in [-0.2, 0) is 13.0 Å². The number of hydrogen-bond donors (Lipinski definition) is 1. The van der Waals surface area contributed by atoms with Crippen LogP contribution in [0, 0.1) is 0 Å². The lowest BCUT2D eigenvalue weighted by molar-refractivity contribution is 0.574. The Morgan fingerprint density at radius 1 is 1.24 bits per heavy atom. The van der Waals surface area contributed by atoms with Gasteiger partial charge < -0.3 is 10.2 Å². The van der Waals surface area contributed by atoms with Crippen LogP contribution < -0.4 is 10.2 Å². The van der Waals surface area contributed by atoms with Crippen molar-refractivity contribution in [3.8, 4) is 0 Å². The van der Waals surface area contributed by atoms with Crippen LogP contribution in [0.4, 0.5) is 5.69 Å². The van der Waals surface area contributed by atoms with E-state index in [1.165, 1.54) is 22.4 Å². The van der Waals surface area contributed by atoms with Crippen molar-refractivity contribution in [1.82, 2.24) is 5.32 Å². The zero-order chi connectivity index (χ0) is 14.8. The molecule has 110 valence electrons. The maximum atomic E-state index is 6.05. The van der Waals surface area contributed by atoms with E-state index in [-0.39, 0.29) is 0 Å². The molecule has 0 spiro atoms. The quantitative estimate of drug-likeness (QED) is 0.911. The molecular weight excluding hydrogens is 280 g/mol. The molecule has 0 amide bonds. The minimum absolute atomic E-state index is 0.291. The highest BCUT2D eigenvalue weighted by atomic mass is 35.5. The molecule has 3 rings (SSSR count). The normalized spacial score (nSPS) is 15.1. The van der Waals surface area contributed by atoms with Gasteiger partial charge in [0.25, 0.3) is 0 Å². The summed E-state index contributed by atoms with van der Waals surface area (Å²) in [6.07, 6.45) is 1.16. The largest absolute Gasteiger partial charge is 0.374 e. The van der Waals surface area contributed by atoms with Crippen LogP contribution in [0.25, 0.3) is 0 Å². The Bertz CT molecular complexity index is 639. The Hall–Kier alpha value is -1.51. The maximum Gasteiger partial charge on any atom is 0.0409 e. The molecule has 0 saturated carbocycles. The summed E-state index contributed by atoms with van der Waals surface area (Å²) in [6.45, 7) is 4.18. The lowest BCUT2D eigenvalue weighted by Crippen LogP contribution is -2.18. The fraction of sp³-hybridized carbons (Fsp3) is 0.333. The SMILES string of the molecule is CC(NCc1ccc2c(c1)CCN2C)c1cccc(Cl)c1. The van der Waals surface area contributed by atoms with Crippen molar-refractivity contribution in [2.75, 3.05) is 18.5 Å². The van der Waals surface area contributed by atoms with Gasteiger partial charge in [-0.2, -0.15) is 0 Å². The Morgan fingerprint density at radius 3 is 2.90 bits per heavy atom. The third-order valence-corrected chi connectivity index (χ3v) is 4.47. The van der Waals surface area contributed by atoms with Crippen LogP contribution in [0.3, 0.4) is 0 Å². The van der Waals surface area contributed by atoms with Crippen molar-refractivity contribution < 1.29 is 0 Å². The van der Waals surface area contributed by atoms with E-state index in [2.05, 4.69) is 48.5 Å². The number of likely N-dealkylation sites (N-methyl/N-ethyl adjacent to an activating group) is 1. The fourth-order valence-electron chi connectivity index (χ4n) is 2.89. The number of anilines is 1.